The van der Waals surface area contributed by atoms with Crippen molar-refractivity contribution in [3.05, 3.63) is 77.9 Å². The van der Waals surface area contributed by atoms with Gasteiger partial charge in [0.1, 0.15) is 11.3 Å². The van der Waals surface area contributed by atoms with Gasteiger partial charge in [-0.25, -0.2) is 0 Å². The fraction of sp³-hybridized carbons (Fsp3) is 0.259. The molecule has 0 unspecified atom stereocenters. The number of phenols is 1. The van der Waals surface area contributed by atoms with Gasteiger partial charge in [0.15, 0.2) is 5.58 Å². The maximum absolute atomic E-state index is 13.8. The topological polar surface area (TPSA) is 78.6 Å². The summed E-state index contributed by atoms with van der Waals surface area (Å²) in [6.07, 6.45) is 1.16. The summed E-state index contributed by atoms with van der Waals surface area (Å²) < 4.78 is 5.81. The Hall–Kier alpha value is -3.80. The van der Waals surface area contributed by atoms with Gasteiger partial charge in [-0.05, 0) is 66.6 Å². The third-order valence-electron chi connectivity index (χ3n) is 6.88. The van der Waals surface area contributed by atoms with E-state index in [2.05, 4.69) is 10.3 Å². The summed E-state index contributed by atoms with van der Waals surface area (Å²) in [6.45, 7) is 3.38. The molecule has 3 atom stereocenters. The van der Waals surface area contributed by atoms with Crippen LogP contribution in [0.3, 0.4) is 0 Å². The molecule has 6 heteroatoms. The van der Waals surface area contributed by atoms with Gasteiger partial charge in [0.2, 0.25) is 0 Å². The Morgan fingerprint density at radius 2 is 2.03 bits per heavy atom. The number of nitrogens with zero attached hydrogens (tertiary/aromatic N) is 2. The van der Waals surface area contributed by atoms with Crippen molar-refractivity contribution < 1.29 is 14.3 Å². The van der Waals surface area contributed by atoms with E-state index >= 15 is 0 Å². The molecule has 0 radical (unpaired) electrons. The minimum absolute atomic E-state index is 0.0357. The van der Waals surface area contributed by atoms with E-state index in [0.29, 0.717) is 30.0 Å². The maximum atomic E-state index is 13.8. The highest BCUT2D eigenvalue weighted by Gasteiger charge is 2.54. The number of anilines is 1. The van der Waals surface area contributed by atoms with E-state index in [9.17, 15) is 9.90 Å². The van der Waals surface area contributed by atoms with Gasteiger partial charge in [0.25, 0.3) is 11.9 Å². The Morgan fingerprint density at radius 1 is 1.15 bits per heavy atom. The SMILES string of the molecule is Cc1ccc(-c2cccc(O)c2)c(C(=O)N2C[C@H]3C[C@H]3[C@H]2CNc2nc3ccccc3o2)c1. The Bertz CT molecular complexity index is 1330. The first-order valence-electron chi connectivity index (χ1n) is 11.4. The minimum atomic E-state index is 0.0357. The summed E-state index contributed by atoms with van der Waals surface area (Å²) in [5.74, 6) is 1.31. The number of carbonyl (C=O) groups is 1. The highest BCUT2D eigenvalue weighted by molar-refractivity contribution is 6.01. The normalized spacial score (nSPS) is 21.2. The number of aryl methyl sites for hydroxylation is 1. The average Bonchev–Trinajstić information content (AvgIpc) is 3.30. The molecule has 2 N–H and O–H groups in total. The molecular formula is C27H25N3O3. The Balaban J connectivity index is 1.27. The smallest absolute Gasteiger partial charge is 0.295 e. The van der Waals surface area contributed by atoms with Gasteiger partial charge in [-0.2, -0.15) is 4.98 Å². The number of oxazole rings is 1. The van der Waals surface area contributed by atoms with E-state index in [1.165, 1.54) is 0 Å². The highest BCUT2D eigenvalue weighted by atomic mass is 16.4. The number of para-hydroxylation sites is 2. The standard InChI is InChI=1S/C27H25N3O3/c1-16-9-10-20(17-5-4-6-19(31)12-17)22(11-16)26(32)30-15-18-13-21(18)24(30)14-28-27-29-23-7-2-3-8-25(23)33-27/h2-12,18,21,24,31H,13-15H2,1H3,(H,28,29)/t18-,21-,24-/m1/s1. The fourth-order valence-electron chi connectivity index (χ4n) is 5.12. The van der Waals surface area contributed by atoms with Gasteiger partial charge < -0.3 is 19.7 Å². The molecule has 1 saturated heterocycles. The number of piperidine rings is 1. The van der Waals surface area contributed by atoms with Crippen LogP contribution in [0, 0.1) is 18.8 Å². The van der Waals surface area contributed by atoms with Crippen molar-refractivity contribution >= 4 is 23.0 Å². The predicted octanol–water partition coefficient (Wildman–Crippen LogP) is 5.08. The Labute approximate surface area is 191 Å². The van der Waals surface area contributed by atoms with Crippen molar-refractivity contribution in [1.82, 2.24) is 9.88 Å². The van der Waals surface area contributed by atoms with E-state index in [1.54, 1.807) is 18.2 Å². The first-order chi connectivity index (χ1) is 16.1. The molecular weight excluding hydrogens is 414 g/mol. The molecule has 6 nitrogen and oxygen atoms in total. The number of rotatable bonds is 5. The van der Waals surface area contributed by atoms with Crippen LogP contribution in [0.4, 0.5) is 6.01 Å². The largest absolute Gasteiger partial charge is 0.508 e. The van der Waals surface area contributed by atoms with Crippen LogP contribution in [-0.2, 0) is 0 Å². The van der Waals surface area contributed by atoms with Crippen LogP contribution in [0.15, 0.2) is 71.1 Å². The summed E-state index contributed by atoms with van der Waals surface area (Å²) in [7, 11) is 0. The predicted molar refractivity (Wildman–Crippen MR) is 127 cm³/mol. The van der Waals surface area contributed by atoms with Crippen LogP contribution >= 0.6 is 0 Å². The molecule has 1 aromatic heterocycles. The third-order valence-corrected chi connectivity index (χ3v) is 6.88. The van der Waals surface area contributed by atoms with Crippen LogP contribution in [0.2, 0.25) is 0 Å². The van der Waals surface area contributed by atoms with Crippen LogP contribution in [0.5, 0.6) is 5.75 Å². The van der Waals surface area contributed by atoms with E-state index in [-0.39, 0.29) is 17.7 Å². The second kappa shape index (κ2) is 7.66. The summed E-state index contributed by atoms with van der Waals surface area (Å²) >= 11 is 0. The van der Waals surface area contributed by atoms with Crippen molar-refractivity contribution in [2.75, 3.05) is 18.4 Å². The number of benzene rings is 3. The van der Waals surface area contributed by atoms with Crippen molar-refractivity contribution in [3.63, 3.8) is 0 Å². The lowest BCUT2D eigenvalue weighted by Crippen LogP contribution is -2.42. The van der Waals surface area contributed by atoms with Crippen LogP contribution < -0.4 is 5.32 Å². The second-order valence-corrected chi connectivity index (χ2v) is 9.15. The maximum Gasteiger partial charge on any atom is 0.295 e. The zero-order chi connectivity index (χ0) is 22.5. The molecule has 2 aliphatic rings. The van der Waals surface area contributed by atoms with Gasteiger partial charge in [-0.1, -0.05) is 42.0 Å². The number of carbonyl (C=O) groups excluding carboxylic acids is 1. The number of aromatic hydroxyl groups is 1. The van der Waals surface area contributed by atoms with Crippen molar-refractivity contribution in [2.45, 2.75) is 19.4 Å². The average molecular weight is 440 g/mol. The summed E-state index contributed by atoms with van der Waals surface area (Å²) in [4.78, 5) is 20.3. The molecule has 166 valence electrons. The number of likely N-dealkylation sites (tertiary alicyclic amines) is 1. The monoisotopic (exact) mass is 439 g/mol. The molecule has 0 spiro atoms. The molecule has 1 amide bonds. The second-order valence-electron chi connectivity index (χ2n) is 9.15. The molecule has 6 rings (SSSR count). The first-order valence-corrected chi connectivity index (χ1v) is 11.4. The number of hydrogen-bond acceptors (Lipinski definition) is 5. The van der Waals surface area contributed by atoms with Crippen molar-refractivity contribution in [1.29, 1.82) is 0 Å². The quantitative estimate of drug-likeness (QED) is 0.453. The molecule has 2 fully saturated rings. The number of amides is 1. The Morgan fingerprint density at radius 3 is 2.88 bits per heavy atom. The van der Waals surface area contributed by atoms with E-state index in [0.717, 1.165) is 40.8 Å². The van der Waals surface area contributed by atoms with E-state index in [1.807, 2.05) is 60.4 Å². The van der Waals surface area contributed by atoms with Crippen LogP contribution in [0.25, 0.3) is 22.2 Å². The number of hydrogen-bond donors (Lipinski definition) is 2. The molecule has 1 aliphatic carbocycles. The lowest BCUT2D eigenvalue weighted by molar-refractivity contribution is 0.0715. The van der Waals surface area contributed by atoms with E-state index < -0.39 is 0 Å². The molecule has 4 aromatic rings. The molecule has 33 heavy (non-hydrogen) atoms. The molecule has 1 aliphatic heterocycles. The van der Waals surface area contributed by atoms with Crippen LogP contribution in [0.1, 0.15) is 22.3 Å². The van der Waals surface area contributed by atoms with Crippen molar-refractivity contribution in [2.24, 2.45) is 11.8 Å². The minimum Gasteiger partial charge on any atom is -0.508 e. The highest BCUT2D eigenvalue weighted by Crippen LogP contribution is 2.50. The van der Waals surface area contributed by atoms with E-state index in [4.69, 9.17) is 4.42 Å². The molecule has 2 heterocycles. The fourth-order valence-corrected chi connectivity index (χ4v) is 5.12. The van der Waals surface area contributed by atoms with Gasteiger partial charge in [-0.15, -0.1) is 0 Å². The third kappa shape index (κ3) is 3.61. The van der Waals surface area contributed by atoms with Gasteiger partial charge >= 0.3 is 0 Å². The summed E-state index contributed by atoms with van der Waals surface area (Å²) in [5, 5.41) is 13.3. The number of nitrogens with one attached hydrogen (secondary N) is 1. The molecule has 3 aromatic carbocycles. The summed E-state index contributed by atoms with van der Waals surface area (Å²) in [5.41, 5.74) is 4.96. The van der Waals surface area contributed by atoms with Crippen molar-refractivity contribution in [3.8, 4) is 16.9 Å². The lowest BCUT2D eigenvalue weighted by Gasteiger charge is -2.28. The number of fused-ring (bicyclic) bond motifs is 2. The summed E-state index contributed by atoms with van der Waals surface area (Å²) in [6, 6.07) is 21.3. The van der Waals surface area contributed by atoms with Crippen LogP contribution in [-0.4, -0.2) is 40.0 Å². The van der Waals surface area contributed by atoms with Gasteiger partial charge in [-0.3, -0.25) is 4.79 Å². The van der Waals surface area contributed by atoms with Gasteiger partial charge in [0, 0.05) is 18.7 Å². The molecule has 1 saturated carbocycles. The molecule has 0 bridgehead atoms. The number of aromatic nitrogens is 1. The zero-order valence-corrected chi connectivity index (χ0v) is 18.4. The Kier molecular flexibility index (Phi) is 4.61. The zero-order valence-electron chi connectivity index (χ0n) is 18.4. The number of phenolic OH excluding ortho intramolecular Hbond substituents is 1. The lowest BCUT2D eigenvalue weighted by atomic mass is 9.96. The first kappa shape index (κ1) is 19.9. The van der Waals surface area contributed by atoms with Gasteiger partial charge in [0.05, 0.1) is 6.04 Å².